The standard InChI is InChI=1S/C18H17Cl2NO4S/c1-24-15-6-5-10(17-21-14(9-26-17)18(22)23)7-11(15)8-25-16-12(19)3-2-4-13(16)20/h2-7,14,17,21H,8-9H2,1H3,(H,22,23)/t14-,17-/m1/s1. The second-order valence-electron chi connectivity index (χ2n) is 5.68. The Morgan fingerprint density at radius 2 is 2.04 bits per heavy atom. The van der Waals surface area contributed by atoms with E-state index in [4.69, 9.17) is 37.8 Å². The molecule has 2 aromatic carbocycles. The van der Waals surface area contributed by atoms with Gasteiger partial charge in [0.15, 0.2) is 5.75 Å². The number of hydrogen-bond acceptors (Lipinski definition) is 5. The van der Waals surface area contributed by atoms with E-state index >= 15 is 0 Å². The fourth-order valence-corrected chi connectivity index (χ4v) is 4.38. The minimum Gasteiger partial charge on any atom is -0.496 e. The summed E-state index contributed by atoms with van der Waals surface area (Å²) >= 11 is 13.8. The molecule has 0 spiro atoms. The monoisotopic (exact) mass is 413 g/mol. The van der Waals surface area contributed by atoms with Crippen LogP contribution in [-0.2, 0) is 11.4 Å². The fraction of sp³-hybridized carbons (Fsp3) is 0.278. The van der Waals surface area contributed by atoms with Crippen molar-refractivity contribution in [1.82, 2.24) is 5.32 Å². The number of ether oxygens (including phenoxy) is 2. The predicted molar refractivity (Wildman–Crippen MR) is 104 cm³/mol. The number of hydrogen-bond donors (Lipinski definition) is 2. The third-order valence-electron chi connectivity index (χ3n) is 3.98. The van der Waals surface area contributed by atoms with Crippen LogP contribution in [0.2, 0.25) is 10.0 Å². The first-order valence-electron chi connectivity index (χ1n) is 7.83. The normalized spacial score (nSPS) is 19.3. The Balaban J connectivity index is 1.79. The molecule has 0 unspecified atom stereocenters. The molecule has 138 valence electrons. The lowest BCUT2D eigenvalue weighted by atomic mass is 10.1. The van der Waals surface area contributed by atoms with Crippen LogP contribution in [0.1, 0.15) is 16.5 Å². The predicted octanol–water partition coefficient (Wildman–Crippen LogP) is 4.37. The molecule has 1 aliphatic rings. The number of thioether (sulfide) groups is 1. The first-order chi connectivity index (χ1) is 12.5. The molecular weight excluding hydrogens is 397 g/mol. The lowest BCUT2D eigenvalue weighted by Gasteiger charge is -2.16. The molecule has 26 heavy (non-hydrogen) atoms. The van der Waals surface area contributed by atoms with Crippen LogP contribution < -0.4 is 14.8 Å². The maximum atomic E-state index is 11.1. The SMILES string of the molecule is COc1ccc([C@@H]2N[C@@H](C(=O)O)CS2)cc1COc1c(Cl)cccc1Cl. The number of benzene rings is 2. The minimum absolute atomic E-state index is 0.0929. The number of aliphatic carboxylic acids is 1. The van der Waals surface area contributed by atoms with Crippen LogP contribution in [0.4, 0.5) is 0 Å². The summed E-state index contributed by atoms with van der Waals surface area (Å²) in [6, 6.07) is 10.3. The van der Waals surface area contributed by atoms with Crippen LogP contribution in [0.25, 0.3) is 0 Å². The van der Waals surface area contributed by atoms with Gasteiger partial charge in [-0.3, -0.25) is 10.1 Å². The van der Waals surface area contributed by atoms with Crippen molar-refractivity contribution in [3.8, 4) is 11.5 Å². The molecule has 0 aliphatic carbocycles. The van der Waals surface area contributed by atoms with Gasteiger partial charge in [0.05, 0.1) is 22.5 Å². The number of halogens is 2. The van der Waals surface area contributed by atoms with Crippen molar-refractivity contribution >= 4 is 40.9 Å². The zero-order valence-corrected chi connectivity index (χ0v) is 16.2. The van der Waals surface area contributed by atoms with Gasteiger partial charge in [-0.25, -0.2) is 0 Å². The second kappa shape index (κ2) is 8.39. The highest BCUT2D eigenvalue weighted by molar-refractivity contribution is 7.99. The first kappa shape index (κ1) is 19.2. The quantitative estimate of drug-likeness (QED) is 0.732. The van der Waals surface area contributed by atoms with Gasteiger partial charge in [0.2, 0.25) is 0 Å². The van der Waals surface area contributed by atoms with Gasteiger partial charge in [-0.05, 0) is 29.8 Å². The number of methoxy groups -OCH3 is 1. The highest BCUT2D eigenvalue weighted by atomic mass is 35.5. The Morgan fingerprint density at radius 1 is 1.31 bits per heavy atom. The van der Waals surface area contributed by atoms with Crippen LogP contribution in [0.5, 0.6) is 11.5 Å². The smallest absolute Gasteiger partial charge is 0.321 e. The van der Waals surface area contributed by atoms with Gasteiger partial charge in [0.1, 0.15) is 18.4 Å². The van der Waals surface area contributed by atoms with Gasteiger partial charge in [0.25, 0.3) is 0 Å². The van der Waals surface area contributed by atoms with Crippen LogP contribution in [0.15, 0.2) is 36.4 Å². The minimum atomic E-state index is -0.842. The summed E-state index contributed by atoms with van der Waals surface area (Å²) in [4.78, 5) is 11.1. The average Bonchev–Trinajstić information content (AvgIpc) is 3.11. The third kappa shape index (κ3) is 4.20. The van der Waals surface area contributed by atoms with E-state index in [-0.39, 0.29) is 12.0 Å². The van der Waals surface area contributed by atoms with Gasteiger partial charge in [-0.1, -0.05) is 35.3 Å². The molecule has 2 atom stereocenters. The molecule has 0 saturated carbocycles. The number of rotatable bonds is 6. The molecule has 0 radical (unpaired) electrons. The Bertz CT molecular complexity index is 798. The van der Waals surface area contributed by atoms with Crippen LogP contribution in [0, 0.1) is 0 Å². The van der Waals surface area contributed by atoms with E-state index < -0.39 is 12.0 Å². The average molecular weight is 414 g/mol. The molecule has 3 rings (SSSR count). The van der Waals surface area contributed by atoms with Gasteiger partial charge in [-0.15, -0.1) is 11.8 Å². The summed E-state index contributed by atoms with van der Waals surface area (Å²) < 4.78 is 11.2. The maximum absolute atomic E-state index is 11.1. The van der Waals surface area contributed by atoms with E-state index in [1.165, 1.54) is 0 Å². The fourth-order valence-electron chi connectivity index (χ4n) is 2.65. The Hall–Kier alpha value is -1.60. The van der Waals surface area contributed by atoms with Gasteiger partial charge in [-0.2, -0.15) is 0 Å². The van der Waals surface area contributed by atoms with Gasteiger partial charge < -0.3 is 14.6 Å². The molecule has 1 heterocycles. The van der Waals surface area contributed by atoms with E-state index in [9.17, 15) is 4.79 Å². The Kier molecular flexibility index (Phi) is 6.19. The summed E-state index contributed by atoms with van der Waals surface area (Å²) in [7, 11) is 1.59. The first-order valence-corrected chi connectivity index (χ1v) is 9.64. The number of nitrogens with one attached hydrogen (secondary N) is 1. The van der Waals surface area contributed by atoms with Gasteiger partial charge >= 0.3 is 5.97 Å². The molecule has 8 heteroatoms. The molecular formula is C18H17Cl2NO4S. The van der Waals surface area contributed by atoms with Crippen molar-refractivity contribution in [2.75, 3.05) is 12.9 Å². The van der Waals surface area contributed by atoms with E-state index in [2.05, 4.69) is 5.32 Å². The van der Waals surface area contributed by atoms with Gasteiger partial charge in [0, 0.05) is 11.3 Å². The molecule has 1 fully saturated rings. The van der Waals surface area contributed by atoms with E-state index in [0.29, 0.717) is 27.3 Å². The summed E-state index contributed by atoms with van der Waals surface area (Å²) in [6.45, 7) is 0.222. The largest absolute Gasteiger partial charge is 0.496 e. The molecule has 0 amide bonds. The van der Waals surface area contributed by atoms with Crippen LogP contribution in [0.3, 0.4) is 0 Å². The summed E-state index contributed by atoms with van der Waals surface area (Å²) in [5.74, 6) is 0.773. The number of carbonyl (C=O) groups is 1. The van der Waals surface area contributed by atoms with Crippen molar-refractivity contribution in [3.63, 3.8) is 0 Å². The molecule has 0 bridgehead atoms. The lowest BCUT2D eigenvalue weighted by Crippen LogP contribution is -2.33. The summed E-state index contributed by atoms with van der Waals surface area (Å²) in [5, 5.41) is 13.0. The zero-order valence-electron chi connectivity index (χ0n) is 13.9. The van der Waals surface area contributed by atoms with Crippen molar-refractivity contribution in [2.24, 2.45) is 0 Å². The Morgan fingerprint density at radius 3 is 2.65 bits per heavy atom. The summed E-state index contributed by atoms with van der Waals surface area (Å²) in [5.41, 5.74) is 1.78. The van der Waals surface area contributed by atoms with Crippen molar-refractivity contribution in [3.05, 3.63) is 57.6 Å². The number of carboxylic acid groups (broad SMARTS) is 1. The van der Waals surface area contributed by atoms with Crippen molar-refractivity contribution in [1.29, 1.82) is 0 Å². The molecule has 5 nitrogen and oxygen atoms in total. The summed E-state index contributed by atoms with van der Waals surface area (Å²) in [6.07, 6.45) is 0. The maximum Gasteiger partial charge on any atom is 0.321 e. The number of para-hydroxylation sites is 1. The third-order valence-corrected chi connectivity index (χ3v) is 5.84. The zero-order chi connectivity index (χ0) is 18.7. The van der Waals surface area contributed by atoms with E-state index in [0.717, 1.165) is 11.1 Å². The van der Waals surface area contributed by atoms with E-state index in [1.807, 2.05) is 18.2 Å². The highest BCUT2D eigenvalue weighted by Crippen LogP contribution is 2.36. The number of carboxylic acids is 1. The second-order valence-corrected chi connectivity index (χ2v) is 7.63. The molecule has 1 saturated heterocycles. The van der Waals surface area contributed by atoms with Crippen LogP contribution >= 0.6 is 35.0 Å². The van der Waals surface area contributed by atoms with Crippen molar-refractivity contribution < 1.29 is 19.4 Å². The molecule has 1 aliphatic heterocycles. The Labute approximate surface area is 165 Å². The topological polar surface area (TPSA) is 67.8 Å². The molecule has 2 N–H and O–H groups in total. The molecule has 2 aromatic rings. The molecule has 0 aromatic heterocycles. The lowest BCUT2D eigenvalue weighted by molar-refractivity contribution is -0.138. The van der Waals surface area contributed by atoms with Crippen LogP contribution in [-0.4, -0.2) is 30.0 Å². The van der Waals surface area contributed by atoms with E-state index in [1.54, 1.807) is 37.1 Å². The highest BCUT2D eigenvalue weighted by Gasteiger charge is 2.30. The van der Waals surface area contributed by atoms with Crippen molar-refractivity contribution in [2.45, 2.75) is 18.0 Å².